The Morgan fingerprint density at radius 1 is 1.05 bits per heavy atom. The van der Waals surface area contributed by atoms with Crippen molar-refractivity contribution in [3.63, 3.8) is 0 Å². The summed E-state index contributed by atoms with van der Waals surface area (Å²) in [6.45, 7) is 0. The fraction of sp³-hybridized carbons (Fsp3) is 0. The van der Waals surface area contributed by atoms with Crippen LogP contribution in [0.3, 0.4) is 0 Å². The molecule has 0 aliphatic rings. The lowest BCUT2D eigenvalue weighted by atomic mass is 10.2. The van der Waals surface area contributed by atoms with Crippen molar-refractivity contribution in [1.29, 1.82) is 0 Å². The zero-order valence-corrected chi connectivity index (χ0v) is 12.9. The summed E-state index contributed by atoms with van der Waals surface area (Å²) in [5, 5.41) is 1.36. The topological polar surface area (TPSA) is 75.3 Å². The highest BCUT2D eigenvalue weighted by Crippen LogP contribution is 2.10. The number of carbonyl (C=O) groups excluding carboxylic acids is 1. The number of halogens is 1. The first-order valence-electron chi connectivity index (χ1n) is 6.27. The van der Waals surface area contributed by atoms with Crippen LogP contribution in [0.2, 0.25) is 5.02 Å². The molecule has 0 spiro atoms. The van der Waals surface area contributed by atoms with Gasteiger partial charge >= 0.3 is 0 Å². The standard InChI is InChI=1S/C15H13ClN2O3S/c16-14-8-4-7-13(11-14)15(19)17-18-22(20,21)10-9-12-5-2-1-3-6-12/h1-11,18H,(H,17,19)/b10-9+. The van der Waals surface area contributed by atoms with E-state index >= 15 is 0 Å². The number of benzene rings is 2. The second-order valence-electron chi connectivity index (χ2n) is 4.32. The molecule has 0 bridgehead atoms. The predicted molar refractivity (Wildman–Crippen MR) is 86.4 cm³/mol. The summed E-state index contributed by atoms with van der Waals surface area (Å²) in [7, 11) is -3.79. The molecule has 0 aliphatic heterocycles. The number of amides is 1. The fourth-order valence-corrected chi connectivity index (χ4v) is 2.42. The Hall–Kier alpha value is -2.15. The quantitative estimate of drug-likeness (QED) is 0.824. The summed E-state index contributed by atoms with van der Waals surface area (Å²) in [6.07, 6.45) is 1.42. The van der Waals surface area contributed by atoms with E-state index in [0.29, 0.717) is 5.02 Å². The van der Waals surface area contributed by atoms with Crippen LogP contribution in [-0.4, -0.2) is 14.3 Å². The summed E-state index contributed by atoms with van der Waals surface area (Å²) >= 11 is 5.77. The van der Waals surface area contributed by atoms with Crippen molar-refractivity contribution in [3.8, 4) is 0 Å². The third kappa shape index (κ3) is 5.00. The minimum Gasteiger partial charge on any atom is -0.274 e. The second kappa shape index (κ2) is 7.22. The Morgan fingerprint density at radius 2 is 1.77 bits per heavy atom. The third-order valence-corrected chi connectivity index (χ3v) is 3.75. The molecule has 5 nitrogen and oxygen atoms in total. The molecule has 0 unspecified atom stereocenters. The molecular weight excluding hydrogens is 324 g/mol. The molecule has 7 heteroatoms. The first kappa shape index (κ1) is 16.2. The number of sulfonamides is 1. The molecule has 2 N–H and O–H groups in total. The highest BCUT2D eigenvalue weighted by molar-refractivity contribution is 7.92. The second-order valence-corrected chi connectivity index (χ2v) is 6.33. The maximum atomic E-state index is 11.8. The number of carbonyl (C=O) groups is 1. The van der Waals surface area contributed by atoms with Crippen molar-refractivity contribution in [2.45, 2.75) is 0 Å². The Kier molecular flexibility index (Phi) is 5.32. The molecule has 0 atom stereocenters. The van der Waals surface area contributed by atoms with Gasteiger partial charge in [0.05, 0.1) is 0 Å². The van der Waals surface area contributed by atoms with Gasteiger partial charge in [-0.15, -0.1) is 4.83 Å². The number of hydrogen-bond acceptors (Lipinski definition) is 3. The first-order valence-corrected chi connectivity index (χ1v) is 8.19. The molecule has 2 aromatic rings. The van der Waals surface area contributed by atoms with Crippen LogP contribution in [0, 0.1) is 0 Å². The Balaban J connectivity index is 1.98. The molecule has 2 rings (SSSR count). The first-order chi connectivity index (χ1) is 10.5. The van der Waals surface area contributed by atoms with Crippen LogP contribution in [0.4, 0.5) is 0 Å². The van der Waals surface area contributed by atoms with Crippen molar-refractivity contribution in [2.75, 3.05) is 0 Å². The minimum atomic E-state index is -3.79. The van der Waals surface area contributed by atoms with Gasteiger partial charge in [-0.3, -0.25) is 10.2 Å². The summed E-state index contributed by atoms with van der Waals surface area (Å²) < 4.78 is 23.5. The van der Waals surface area contributed by atoms with E-state index in [1.165, 1.54) is 18.2 Å². The summed E-state index contributed by atoms with van der Waals surface area (Å²) in [5.41, 5.74) is 3.10. The molecule has 0 heterocycles. The van der Waals surface area contributed by atoms with E-state index in [1.807, 2.05) is 10.9 Å². The lowest BCUT2D eigenvalue weighted by Crippen LogP contribution is -2.40. The average Bonchev–Trinajstić information content (AvgIpc) is 2.52. The molecule has 114 valence electrons. The Labute approximate surface area is 133 Å². The highest BCUT2D eigenvalue weighted by Gasteiger charge is 2.09. The van der Waals surface area contributed by atoms with Gasteiger partial charge in [0.1, 0.15) is 0 Å². The smallest absolute Gasteiger partial charge is 0.266 e. The van der Waals surface area contributed by atoms with Gasteiger partial charge in [-0.25, -0.2) is 8.42 Å². The van der Waals surface area contributed by atoms with Crippen molar-refractivity contribution >= 4 is 33.6 Å². The molecule has 2 aromatic carbocycles. The molecule has 0 saturated carbocycles. The van der Waals surface area contributed by atoms with E-state index in [9.17, 15) is 13.2 Å². The van der Waals surface area contributed by atoms with Crippen LogP contribution in [0.25, 0.3) is 6.08 Å². The normalized spacial score (nSPS) is 11.5. The van der Waals surface area contributed by atoms with E-state index in [1.54, 1.807) is 36.4 Å². The monoisotopic (exact) mass is 336 g/mol. The maximum Gasteiger partial charge on any atom is 0.266 e. The van der Waals surface area contributed by atoms with Gasteiger partial charge in [0.2, 0.25) is 0 Å². The predicted octanol–water partition coefficient (Wildman–Crippen LogP) is 2.58. The average molecular weight is 337 g/mol. The van der Waals surface area contributed by atoms with E-state index < -0.39 is 15.9 Å². The van der Waals surface area contributed by atoms with E-state index in [4.69, 9.17) is 11.6 Å². The van der Waals surface area contributed by atoms with E-state index in [0.717, 1.165) is 11.0 Å². The van der Waals surface area contributed by atoms with E-state index in [-0.39, 0.29) is 5.56 Å². The molecule has 1 amide bonds. The van der Waals surface area contributed by atoms with Gasteiger partial charge in [-0.2, -0.15) is 0 Å². The summed E-state index contributed by atoms with van der Waals surface area (Å²) in [6, 6.07) is 15.1. The third-order valence-electron chi connectivity index (χ3n) is 2.63. The minimum absolute atomic E-state index is 0.252. The van der Waals surface area contributed by atoms with Gasteiger partial charge in [0, 0.05) is 16.0 Å². The molecule has 0 radical (unpaired) electrons. The van der Waals surface area contributed by atoms with Gasteiger partial charge in [-0.1, -0.05) is 48.0 Å². The molecule has 0 fully saturated rings. The van der Waals surface area contributed by atoms with Gasteiger partial charge < -0.3 is 0 Å². The van der Waals surface area contributed by atoms with Crippen LogP contribution in [-0.2, 0) is 10.0 Å². The van der Waals surface area contributed by atoms with Crippen molar-refractivity contribution in [2.24, 2.45) is 0 Å². The van der Waals surface area contributed by atoms with Crippen LogP contribution in [0.5, 0.6) is 0 Å². The van der Waals surface area contributed by atoms with E-state index in [2.05, 4.69) is 5.43 Å². The van der Waals surface area contributed by atoms with Crippen molar-refractivity contribution < 1.29 is 13.2 Å². The number of hydrazine groups is 1. The Bertz CT molecular complexity index is 789. The number of nitrogens with one attached hydrogen (secondary N) is 2. The van der Waals surface area contributed by atoms with Gasteiger partial charge in [0.25, 0.3) is 15.9 Å². The number of hydrogen-bond donors (Lipinski definition) is 2. The van der Waals surface area contributed by atoms with Gasteiger partial charge in [0.15, 0.2) is 0 Å². The molecule has 22 heavy (non-hydrogen) atoms. The lowest BCUT2D eigenvalue weighted by Gasteiger charge is -2.05. The molecular formula is C15H13ClN2O3S. The Morgan fingerprint density at radius 3 is 2.45 bits per heavy atom. The van der Waals surface area contributed by atoms with Crippen LogP contribution in [0.15, 0.2) is 60.0 Å². The molecule has 0 saturated heterocycles. The fourth-order valence-electron chi connectivity index (χ4n) is 1.59. The SMILES string of the molecule is O=C(NNS(=O)(=O)/C=C/c1ccccc1)c1cccc(Cl)c1. The zero-order valence-electron chi connectivity index (χ0n) is 11.4. The maximum absolute atomic E-state index is 11.8. The summed E-state index contributed by atoms with van der Waals surface area (Å²) in [4.78, 5) is 13.8. The van der Waals surface area contributed by atoms with Crippen LogP contribution in [0.1, 0.15) is 15.9 Å². The van der Waals surface area contributed by atoms with Gasteiger partial charge in [-0.05, 0) is 29.8 Å². The number of rotatable bonds is 5. The lowest BCUT2D eigenvalue weighted by molar-refractivity contribution is 0.0945. The largest absolute Gasteiger partial charge is 0.274 e. The highest BCUT2D eigenvalue weighted by atomic mass is 35.5. The zero-order chi connectivity index (χ0) is 16.0. The van der Waals surface area contributed by atoms with Crippen LogP contribution >= 0.6 is 11.6 Å². The van der Waals surface area contributed by atoms with Crippen LogP contribution < -0.4 is 10.3 Å². The molecule has 0 aromatic heterocycles. The van der Waals surface area contributed by atoms with Crippen molar-refractivity contribution in [1.82, 2.24) is 10.3 Å². The molecule has 0 aliphatic carbocycles. The summed E-state index contributed by atoms with van der Waals surface area (Å²) in [5.74, 6) is -0.598. The van der Waals surface area contributed by atoms with Crippen molar-refractivity contribution in [3.05, 3.63) is 76.2 Å².